The van der Waals surface area contributed by atoms with Crippen LogP contribution in [0.5, 0.6) is 0 Å². The van der Waals surface area contributed by atoms with Crippen molar-refractivity contribution in [3.8, 4) is 11.3 Å². The molecule has 2 bridgehead atoms. The molecule has 2 atom stereocenters. The number of aromatic nitrogens is 2. The highest BCUT2D eigenvalue weighted by Gasteiger charge is 2.34. The standard InChI is InChI=1S/C17H19FN4O.ClH/c18-11-3-1-10(2-4-11)15-9-16(22-21-15)17(23)20-14-7-12-5-6-13(8-14)19-12;/h1-4,9,12-14,19H,5-8H2,(H,20,23)(H,21,22);1H. The number of fused-ring (bicyclic) bond motifs is 2. The summed E-state index contributed by atoms with van der Waals surface area (Å²) >= 11 is 0. The van der Waals surface area contributed by atoms with Crippen molar-refractivity contribution in [1.82, 2.24) is 20.8 Å². The molecule has 1 aromatic heterocycles. The molecule has 5 nitrogen and oxygen atoms in total. The highest BCUT2D eigenvalue weighted by atomic mass is 35.5. The molecule has 1 aromatic carbocycles. The fourth-order valence-corrected chi connectivity index (χ4v) is 3.64. The van der Waals surface area contributed by atoms with Gasteiger partial charge in [0.15, 0.2) is 0 Å². The van der Waals surface area contributed by atoms with E-state index in [2.05, 4.69) is 20.8 Å². The molecule has 0 radical (unpaired) electrons. The summed E-state index contributed by atoms with van der Waals surface area (Å²) in [6.07, 6.45) is 4.38. The number of rotatable bonds is 3. The van der Waals surface area contributed by atoms with Crippen molar-refractivity contribution in [3.63, 3.8) is 0 Å². The van der Waals surface area contributed by atoms with E-state index in [-0.39, 0.29) is 30.2 Å². The lowest BCUT2D eigenvalue weighted by Gasteiger charge is -2.29. The molecule has 128 valence electrons. The maximum absolute atomic E-state index is 13.0. The van der Waals surface area contributed by atoms with Gasteiger partial charge in [-0.1, -0.05) is 0 Å². The van der Waals surface area contributed by atoms with Crippen LogP contribution in [-0.4, -0.2) is 34.2 Å². The molecule has 2 saturated heterocycles. The summed E-state index contributed by atoms with van der Waals surface area (Å²) in [7, 11) is 0. The van der Waals surface area contributed by atoms with Gasteiger partial charge in [-0.3, -0.25) is 9.89 Å². The molecule has 3 heterocycles. The maximum atomic E-state index is 13.0. The van der Waals surface area contributed by atoms with Gasteiger partial charge in [0.25, 0.3) is 5.91 Å². The lowest BCUT2D eigenvalue weighted by Crippen LogP contribution is -2.48. The van der Waals surface area contributed by atoms with E-state index in [0.29, 0.717) is 23.5 Å². The van der Waals surface area contributed by atoms with Crippen LogP contribution >= 0.6 is 12.4 Å². The zero-order chi connectivity index (χ0) is 15.8. The summed E-state index contributed by atoms with van der Waals surface area (Å²) < 4.78 is 13.0. The van der Waals surface area contributed by atoms with Crippen molar-refractivity contribution < 1.29 is 9.18 Å². The van der Waals surface area contributed by atoms with Crippen molar-refractivity contribution in [1.29, 1.82) is 0 Å². The molecule has 2 aliphatic rings. The molecule has 2 aromatic rings. The third-order valence-corrected chi connectivity index (χ3v) is 4.77. The third kappa shape index (κ3) is 3.44. The van der Waals surface area contributed by atoms with E-state index in [1.807, 2.05) is 0 Å². The van der Waals surface area contributed by atoms with Crippen molar-refractivity contribution in [2.45, 2.75) is 43.8 Å². The number of nitrogens with zero attached hydrogens (tertiary/aromatic N) is 1. The van der Waals surface area contributed by atoms with E-state index in [1.54, 1.807) is 18.2 Å². The summed E-state index contributed by atoms with van der Waals surface area (Å²) in [6.45, 7) is 0. The lowest BCUT2D eigenvalue weighted by atomic mass is 10.00. The molecule has 4 rings (SSSR count). The smallest absolute Gasteiger partial charge is 0.269 e. The Morgan fingerprint density at radius 1 is 1.17 bits per heavy atom. The van der Waals surface area contributed by atoms with Crippen LogP contribution in [0.4, 0.5) is 4.39 Å². The number of carbonyl (C=O) groups is 1. The van der Waals surface area contributed by atoms with Crippen LogP contribution in [0.1, 0.15) is 36.2 Å². The van der Waals surface area contributed by atoms with Crippen LogP contribution in [0.2, 0.25) is 0 Å². The Balaban J connectivity index is 0.00000169. The zero-order valence-electron chi connectivity index (χ0n) is 13.1. The summed E-state index contributed by atoms with van der Waals surface area (Å²) in [6, 6.07) is 9.07. The second-order valence-electron chi connectivity index (χ2n) is 6.45. The second-order valence-corrected chi connectivity index (χ2v) is 6.45. The Hall–Kier alpha value is -1.92. The van der Waals surface area contributed by atoms with Gasteiger partial charge >= 0.3 is 0 Å². The van der Waals surface area contributed by atoms with E-state index in [9.17, 15) is 9.18 Å². The van der Waals surface area contributed by atoms with Gasteiger partial charge in [0.05, 0.1) is 5.69 Å². The van der Waals surface area contributed by atoms with E-state index in [1.165, 1.54) is 25.0 Å². The highest BCUT2D eigenvalue weighted by molar-refractivity contribution is 5.93. The molecular formula is C17H20ClFN4O. The minimum atomic E-state index is -0.289. The second kappa shape index (κ2) is 6.91. The number of H-pyrrole nitrogens is 1. The first-order valence-corrected chi connectivity index (χ1v) is 8.05. The fourth-order valence-electron chi connectivity index (χ4n) is 3.64. The van der Waals surface area contributed by atoms with Crippen LogP contribution in [0.3, 0.4) is 0 Å². The van der Waals surface area contributed by atoms with Gasteiger partial charge in [0.2, 0.25) is 0 Å². The predicted molar refractivity (Wildman–Crippen MR) is 91.7 cm³/mol. The van der Waals surface area contributed by atoms with Gasteiger partial charge in [0, 0.05) is 23.7 Å². The quantitative estimate of drug-likeness (QED) is 0.797. The Kier molecular flexibility index (Phi) is 4.87. The highest BCUT2D eigenvalue weighted by Crippen LogP contribution is 2.27. The first-order chi connectivity index (χ1) is 11.2. The molecule has 1 amide bonds. The Bertz CT molecular complexity index is 706. The van der Waals surface area contributed by atoms with Gasteiger partial charge in [0.1, 0.15) is 11.5 Å². The van der Waals surface area contributed by atoms with E-state index < -0.39 is 0 Å². The number of hydrogen-bond donors (Lipinski definition) is 3. The molecule has 2 fully saturated rings. The average Bonchev–Trinajstić information content (AvgIpc) is 3.15. The summed E-state index contributed by atoms with van der Waals surface area (Å²) in [5.41, 5.74) is 1.86. The Morgan fingerprint density at radius 2 is 1.83 bits per heavy atom. The minimum Gasteiger partial charge on any atom is -0.348 e. The van der Waals surface area contributed by atoms with Crippen LogP contribution < -0.4 is 10.6 Å². The number of carbonyl (C=O) groups excluding carboxylic acids is 1. The van der Waals surface area contributed by atoms with Crippen LogP contribution in [-0.2, 0) is 0 Å². The third-order valence-electron chi connectivity index (χ3n) is 4.77. The van der Waals surface area contributed by atoms with Gasteiger partial charge in [-0.25, -0.2) is 4.39 Å². The molecule has 0 saturated carbocycles. The normalized spacial score (nSPS) is 25.1. The molecule has 3 N–H and O–H groups in total. The van der Waals surface area contributed by atoms with Crippen LogP contribution in [0.25, 0.3) is 11.3 Å². The van der Waals surface area contributed by atoms with Gasteiger partial charge in [-0.15, -0.1) is 12.4 Å². The van der Waals surface area contributed by atoms with Gasteiger partial charge in [-0.05, 0) is 56.0 Å². The van der Waals surface area contributed by atoms with Crippen molar-refractivity contribution >= 4 is 18.3 Å². The van der Waals surface area contributed by atoms with Crippen LogP contribution in [0, 0.1) is 5.82 Å². The predicted octanol–water partition coefficient (Wildman–Crippen LogP) is 2.65. The molecule has 24 heavy (non-hydrogen) atoms. The topological polar surface area (TPSA) is 69.8 Å². The first-order valence-electron chi connectivity index (χ1n) is 8.05. The number of piperidine rings is 1. The molecule has 7 heteroatoms. The Morgan fingerprint density at radius 3 is 2.50 bits per heavy atom. The van der Waals surface area contributed by atoms with E-state index in [0.717, 1.165) is 18.4 Å². The number of aromatic amines is 1. The van der Waals surface area contributed by atoms with Gasteiger partial charge < -0.3 is 10.6 Å². The number of nitrogens with one attached hydrogen (secondary N) is 3. The van der Waals surface area contributed by atoms with Crippen LogP contribution in [0.15, 0.2) is 30.3 Å². The Labute approximate surface area is 145 Å². The number of halogens is 2. The molecule has 0 spiro atoms. The zero-order valence-corrected chi connectivity index (χ0v) is 13.9. The number of amides is 1. The molecular weight excluding hydrogens is 331 g/mol. The SMILES string of the molecule is Cl.O=C(NC1CC2CCC(C1)N2)c1cc(-c2ccc(F)cc2)n[nH]1. The van der Waals surface area contributed by atoms with Crippen molar-refractivity contribution in [3.05, 3.63) is 41.8 Å². The first kappa shape index (κ1) is 16.9. The van der Waals surface area contributed by atoms with Gasteiger partial charge in [-0.2, -0.15) is 5.10 Å². The monoisotopic (exact) mass is 350 g/mol. The molecule has 2 aliphatic heterocycles. The van der Waals surface area contributed by atoms with E-state index in [4.69, 9.17) is 0 Å². The molecule has 2 unspecified atom stereocenters. The van der Waals surface area contributed by atoms with Crippen molar-refractivity contribution in [2.75, 3.05) is 0 Å². The molecule has 0 aliphatic carbocycles. The van der Waals surface area contributed by atoms with Crippen molar-refractivity contribution in [2.24, 2.45) is 0 Å². The summed E-state index contributed by atoms with van der Waals surface area (Å²) in [4.78, 5) is 12.4. The maximum Gasteiger partial charge on any atom is 0.269 e. The minimum absolute atomic E-state index is 0. The average molecular weight is 351 g/mol. The summed E-state index contributed by atoms with van der Waals surface area (Å²) in [5.74, 6) is -0.417. The lowest BCUT2D eigenvalue weighted by molar-refractivity contribution is 0.0919. The number of hydrogen-bond acceptors (Lipinski definition) is 3. The van der Waals surface area contributed by atoms with E-state index >= 15 is 0 Å². The fraction of sp³-hybridized carbons (Fsp3) is 0.412. The number of benzene rings is 1. The summed E-state index contributed by atoms with van der Waals surface area (Å²) in [5, 5.41) is 13.6. The largest absolute Gasteiger partial charge is 0.348 e.